The molecule has 1 saturated carbocycles. The summed E-state index contributed by atoms with van der Waals surface area (Å²) in [5.74, 6) is 1.81. The second-order valence-electron chi connectivity index (χ2n) is 5.33. The maximum absolute atomic E-state index is 5.43. The van der Waals surface area contributed by atoms with Gasteiger partial charge in [-0.25, -0.2) is 4.98 Å². The lowest BCUT2D eigenvalue weighted by atomic mass is 9.86. The normalized spacial score (nSPS) is 23.1. The summed E-state index contributed by atoms with van der Waals surface area (Å²) in [4.78, 5) is 8.72. The molecule has 3 rings (SSSR count). The van der Waals surface area contributed by atoms with E-state index in [0.29, 0.717) is 17.8 Å². The smallest absolute Gasteiger partial charge is 0.230 e. The zero-order chi connectivity index (χ0) is 13.8. The van der Waals surface area contributed by atoms with Crippen molar-refractivity contribution in [3.05, 3.63) is 16.8 Å². The molecule has 2 heterocycles. The fraction of sp³-hybridized carbons (Fsp3) is 0.643. The maximum atomic E-state index is 5.43. The molecule has 0 unspecified atom stereocenters. The summed E-state index contributed by atoms with van der Waals surface area (Å²) in [6, 6.07) is 0.659. The third-order valence-electron chi connectivity index (χ3n) is 3.86. The minimum absolute atomic E-state index is 0.412. The second-order valence-corrected chi connectivity index (χ2v) is 6.05. The number of hydrogen-bond acceptors (Lipinski definition) is 6. The Kier molecular flexibility index (Phi) is 4.42. The minimum Gasteiger partial charge on any atom is -0.339 e. The van der Waals surface area contributed by atoms with Crippen LogP contribution in [0.4, 0.5) is 0 Å². The Hall–Kier alpha value is -1.27. The Morgan fingerprint density at radius 3 is 2.90 bits per heavy atom. The molecule has 20 heavy (non-hydrogen) atoms. The lowest BCUT2D eigenvalue weighted by Crippen LogP contribution is -2.33. The van der Waals surface area contributed by atoms with Crippen molar-refractivity contribution in [1.29, 1.82) is 0 Å². The van der Waals surface area contributed by atoms with Crippen LogP contribution in [0.15, 0.2) is 15.4 Å². The summed E-state index contributed by atoms with van der Waals surface area (Å²) in [5.41, 5.74) is 2.60. The van der Waals surface area contributed by atoms with Crippen LogP contribution in [-0.4, -0.2) is 27.7 Å². The first kappa shape index (κ1) is 13.7. The number of aromatic nitrogens is 3. The van der Waals surface area contributed by atoms with E-state index in [4.69, 9.17) is 4.52 Å². The molecule has 1 N–H and O–H groups in total. The molecule has 0 atom stereocenters. The van der Waals surface area contributed by atoms with E-state index in [-0.39, 0.29) is 0 Å². The van der Waals surface area contributed by atoms with E-state index >= 15 is 0 Å². The van der Waals surface area contributed by atoms with Crippen LogP contribution in [0.25, 0.3) is 11.5 Å². The molecule has 0 aromatic carbocycles. The van der Waals surface area contributed by atoms with Crippen molar-refractivity contribution in [3.63, 3.8) is 0 Å². The Labute approximate surface area is 122 Å². The maximum Gasteiger partial charge on any atom is 0.230 e. The van der Waals surface area contributed by atoms with Crippen LogP contribution >= 0.6 is 11.3 Å². The third kappa shape index (κ3) is 3.07. The molecule has 2 aromatic heterocycles. The summed E-state index contributed by atoms with van der Waals surface area (Å²) < 4.78 is 5.43. The highest BCUT2D eigenvalue weighted by Gasteiger charge is 2.26. The summed E-state index contributed by atoms with van der Waals surface area (Å²) in [7, 11) is 0. The molecule has 0 spiro atoms. The van der Waals surface area contributed by atoms with E-state index in [1.165, 1.54) is 19.3 Å². The number of nitrogens with zero attached hydrogens (tertiary/aromatic N) is 3. The first-order chi connectivity index (χ1) is 9.86. The van der Waals surface area contributed by atoms with E-state index in [9.17, 15) is 0 Å². The van der Waals surface area contributed by atoms with Crippen LogP contribution in [0.5, 0.6) is 0 Å². The number of hydrogen-bond donors (Lipinski definition) is 1. The molecule has 1 fully saturated rings. The van der Waals surface area contributed by atoms with Gasteiger partial charge in [-0.15, -0.1) is 11.3 Å². The lowest BCUT2D eigenvalue weighted by Gasteiger charge is -2.27. The molecule has 0 bridgehead atoms. The average molecular weight is 292 g/mol. The molecule has 1 aliphatic rings. The molecular formula is C14H20N4OS. The first-order valence-corrected chi connectivity index (χ1v) is 8.26. The van der Waals surface area contributed by atoms with Gasteiger partial charge in [0.25, 0.3) is 0 Å². The number of thiazole rings is 1. The van der Waals surface area contributed by atoms with Gasteiger partial charge in [0.2, 0.25) is 11.7 Å². The first-order valence-electron chi connectivity index (χ1n) is 7.32. The molecule has 0 saturated heterocycles. The highest BCUT2D eigenvalue weighted by molar-refractivity contribution is 7.07. The Morgan fingerprint density at radius 1 is 1.35 bits per heavy atom. The van der Waals surface area contributed by atoms with Crippen molar-refractivity contribution in [3.8, 4) is 11.5 Å². The summed E-state index contributed by atoms with van der Waals surface area (Å²) >= 11 is 1.55. The standard InChI is InChI=1S/C14H20N4OS/c1-2-7-15-11-5-3-10(4-6-11)14-17-13(18-19-14)12-8-20-9-16-12/h8-11,15H,2-7H2,1H3. The lowest BCUT2D eigenvalue weighted by molar-refractivity contribution is 0.283. The van der Waals surface area contributed by atoms with E-state index in [0.717, 1.165) is 31.0 Å². The molecule has 5 nitrogen and oxygen atoms in total. The number of nitrogens with one attached hydrogen (secondary N) is 1. The molecule has 6 heteroatoms. The van der Waals surface area contributed by atoms with E-state index in [1.807, 2.05) is 5.38 Å². The van der Waals surface area contributed by atoms with Gasteiger partial charge in [-0.2, -0.15) is 4.98 Å². The summed E-state index contributed by atoms with van der Waals surface area (Å²) in [5, 5.41) is 9.59. The van der Waals surface area contributed by atoms with Gasteiger partial charge in [-0.3, -0.25) is 0 Å². The fourth-order valence-corrected chi connectivity index (χ4v) is 3.25. The molecule has 2 aromatic rings. The zero-order valence-electron chi connectivity index (χ0n) is 11.7. The molecule has 0 radical (unpaired) electrons. The highest BCUT2D eigenvalue weighted by atomic mass is 32.1. The Bertz CT molecular complexity index is 517. The monoisotopic (exact) mass is 292 g/mol. The van der Waals surface area contributed by atoms with Crippen molar-refractivity contribution in [2.24, 2.45) is 0 Å². The summed E-state index contributed by atoms with van der Waals surface area (Å²) in [6.07, 6.45) is 5.83. The second kappa shape index (κ2) is 6.45. The van der Waals surface area contributed by atoms with E-state index in [1.54, 1.807) is 16.8 Å². The van der Waals surface area contributed by atoms with E-state index < -0.39 is 0 Å². The van der Waals surface area contributed by atoms with Gasteiger partial charge in [0.1, 0.15) is 5.69 Å². The van der Waals surface area contributed by atoms with Crippen molar-refractivity contribution >= 4 is 11.3 Å². The van der Waals surface area contributed by atoms with Gasteiger partial charge < -0.3 is 9.84 Å². The van der Waals surface area contributed by atoms with Crippen LogP contribution in [0.1, 0.15) is 50.8 Å². The topological polar surface area (TPSA) is 63.8 Å². The zero-order valence-corrected chi connectivity index (χ0v) is 12.5. The van der Waals surface area contributed by atoms with Gasteiger partial charge in [0, 0.05) is 17.3 Å². The Morgan fingerprint density at radius 2 is 2.20 bits per heavy atom. The van der Waals surface area contributed by atoms with Gasteiger partial charge >= 0.3 is 0 Å². The van der Waals surface area contributed by atoms with E-state index in [2.05, 4.69) is 27.4 Å². The fourth-order valence-electron chi connectivity index (χ4n) is 2.72. The minimum atomic E-state index is 0.412. The third-order valence-corrected chi connectivity index (χ3v) is 4.45. The molecule has 1 aliphatic carbocycles. The van der Waals surface area contributed by atoms with Crippen LogP contribution in [0, 0.1) is 0 Å². The van der Waals surface area contributed by atoms with Gasteiger partial charge in [0.05, 0.1) is 5.51 Å². The van der Waals surface area contributed by atoms with Crippen molar-refractivity contribution in [1.82, 2.24) is 20.4 Å². The number of rotatable bonds is 5. The summed E-state index contributed by atoms with van der Waals surface area (Å²) in [6.45, 7) is 3.32. The molecular weight excluding hydrogens is 272 g/mol. The highest BCUT2D eigenvalue weighted by Crippen LogP contribution is 2.32. The van der Waals surface area contributed by atoms with Crippen LogP contribution in [0.3, 0.4) is 0 Å². The van der Waals surface area contributed by atoms with Gasteiger partial charge in [0.15, 0.2) is 0 Å². The SMILES string of the molecule is CCCNC1CCC(c2nc(-c3cscn3)no2)CC1. The van der Waals surface area contributed by atoms with Gasteiger partial charge in [-0.05, 0) is 38.6 Å². The van der Waals surface area contributed by atoms with Crippen LogP contribution < -0.4 is 5.32 Å². The average Bonchev–Trinajstić information content (AvgIpc) is 3.16. The predicted molar refractivity (Wildman–Crippen MR) is 78.7 cm³/mol. The molecule has 0 aliphatic heterocycles. The quantitative estimate of drug-likeness (QED) is 0.916. The molecule has 108 valence electrons. The van der Waals surface area contributed by atoms with Crippen molar-refractivity contribution in [2.45, 2.75) is 51.0 Å². The van der Waals surface area contributed by atoms with Gasteiger partial charge in [-0.1, -0.05) is 12.1 Å². The molecule has 0 amide bonds. The van der Waals surface area contributed by atoms with Crippen molar-refractivity contribution in [2.75, 3.05) is 6.54 Å². The van der Waals surface area contributed by atoms with Crippen LogP contribution in [-0.2, 0) is 0 Å². The van der Waals surface area contributed by atoms with Crippen molar-refractivity contribution < 1.29 is 4.52 Å². The predicted octanol–water partition coefficient (Wildman–Crippen LogP) is 3.22. The largest absolute Gasteiger partial charge is 0.339 e. The van der Waals surface area contributed by atoms with Crippen LogP contribution in [0.2, 0.25) is 0 Å². The Balaban J connectivity index is 1.58.